The third-order valence-electron chi connectivity index (χ3n) is 3.35. The molecule has 20 heavy (non-hydrogen) atoms. The highest BCUT2D eigenvalue weighted by Crippen LogP contribution is 2.26. The monoisotopic (exact) mass is 264 g/mol. The Morgan fingerprint density at radius 2 is 1.85 bits per heavy atom. The highest BCUT2D eigenvalue weighted by molar-refractivity contribution is 5.82. The number of nitrogens with one attached hydrogen (secondary N) is 1. The zero-order valence-electron chi connectivity index (χ0n) is 11.2. The smallest absolute Gasteiger partial charge is 0.0902 e. The number of rotatable bonds is 3. The molecule has 0 amide bonds. The Labute approximate surface area is 117 Å². The van der Waals surface area contributed by atoms with Crippen molar-refractivity contribution in [2.75, 3.05) is 0 Å². The number of pyridine rings is 2. The Kier molecular flexibility index (Phi) is 3.41. The number of benzene rings is 1. The molecule has 3 rings (SSSR count). The van der Waals surface area contributed by atoms with Crippen molar-refractivity contribution < 1.29 is 0 Å². The maximum Gasteiger partial charge on any atom is 0.0902 e. The van der Waals surface area contributed by atoms with Crippen molar-refractivity contribution in [3.05, 3.63) is 71.7 Å². The molecule has 0 spiro atoms. The van der Waals surface area contributed by atoms with Gasteiger partial charge in [-0.15, -0.1) is 0 Å². The van der Waals surface area contributed by atoms with Crippen LogP contribution in [-0.2, 0) is 0 Å². The predicted octanol–water partition coefficient (Wildman–Crippen LogP) is 2.49. The van der Waals surface area contributed by atoms with Gasteiger partial charge in [0.25, 0.3) is 0 Å². The van der Waals surface area contributed by atoms with Crippen molar-refractivity contribution in [2.45, 2.75) is 13.0 Å². The molecule has 0 fully saturated rings. The zero-order valence-corrected chi connectivity index (χ0v) is 11.2. The highest BCUT2D eigenvalue weighted by atomic mass is 15.2. The van der Waals surface area contributed by atoms with E-state index in [0.717, 1.165) is 27.9 Å². The standard InChI is InChI=1S/C16H16N4/c1-11-5-2-9-14(19-11)16(20-17)13-8-3-6-12-7-4-10-18-15(12)13/h2-10,16,20H,17H2,1H3. The van der Waals surface area contributed by atoms with Crippen LogP contribution in [0.25, 0.3) is 10.9 Å². The molecule has 1 aromatic carbocycles. The van der Waals surface area contributed by atoms with E-state index in [4.69, 9.17) is 5.84 Å². The minimum absolute atomic E-state index is 0.173. The summed E-state index contributed by atoms with van der Waals surface area (Å²) in [5.41, 5.74) is 6.69. The molecule has 0 aliphatic heterocycles. The number of nitrogens with two attached hydrogens (primary N) is 1. The van der Waals surface area contributed by atoms with Crippen molar-refractivity contribution in [1.29, 1.82) is 0 Å². The first-order valence-corrected chi connectivity index (χ1v) is 6.53. The number of nitrogens with zero attached hydrogens (tertiary/aromatic N) is 2. The summed E-state index contributed by atoms with van der Waals surface area (Å²) in [6.45, 7) is 1.97. The van der Waals surface area contributed by atoms with Gasteiger partial charge in [-0.3, -0.25) is 15.8 Å². The van der Waals surface area contributed by atoms with Gasteiger partial charge in [0, 0.05) is 22.8 Å². The summed E-state index contributed by atoms with van der Waals surface area (Å²) >= 11 is 0. The lowest BCUT2D eigenvalue weighted by atomic mass is 10.00. The van der Waals surface area contributed by atoms with Crippen LogP contribution in [0.4, 0.5) is 0 Å². The number of aryl methyl sites for hydroxylation is 1. The van der Waals surface area contributed by atoms with Crippen LogP contribution in [0.1, 0.15) is 23.0 Å². The number of hydrogen-bond donors (Lipinski definition) is 2. The predicted molar refractivity (Wildman–Crippen MR) is 79.9 cm³/mol. The third-order valence-corrected chi connectivity index (χ3v) is 3.35. The Hall–Kier alpha value is -2.30. The molecule has 2 aromatic heterocycles. The average molecular weight is 264 g/mol. The van der Waals surface area contributed by atoms with E-state index in [-0.39, 0.29) is 6.04 Å². The average Bonchev–Trinajstić information content (AvgIpc) is 2.48. The molecule has 0 bridgehead atoms. The van der Waals surface area contributed by atoms with Gasteiger partial charge >= 0.3 is 0 Å². The molecular formula is C16H16N4. The molecule has 0 saturated heterocycles. The second-order valence-corrected chi connectivity index (χ2v) is 4.73. The molecule has 1 unspecified atom stereocenters. The van der Waals surface area contributed by atoms with Crippen molar-refractivity contribution >= 4 is 10.9 Å². The summed E-state index contributed by atoms with van der Waals surface area (Å²) in [7, 11) is 0. The number of hydrogen-bond acceptors (Lipinski definition) is 4. The molecule has 0 saturated carbocycles. The van der Waals surface area contributed by atoms with E-state index in [1.54, 1.807) is 6.20 Å². The Balaban J connectivity index is 2.17. The SMILES string of the molecule is Cc1cccc(C(NN)c2cccc3cccnc23)n1. The maximum atomic E-state index is 5.76. The summed E-state index contributed by atoms with van der Waals surface area (Å²) in [6.07, 6.45) is 1.79. The summed E-state index contributed by atoms with van der Waals surface area (Å²) in [5, 5.41) is 1.10. The molecule has 4 nitrogen and oxygen atoms in total. The van der Waals surface area contributed by atoms with Gasteiger partial charge in [-0.05, 0) is 25.1 Å². The Morgan fingerprint density at radius 1 is 1.05 bits per heavy atom. The topological polar surface area (TPSA) is 63.8 Å². The normalized spacial score (nSPS) is 12.5. The van der Waals surface area contributed by atoms with Crippen molar-refractivity contribution in [2.24, 2.45) is 5.84 Å². The molecule has 1 atom stereocenters. The van der Waals surface area contributed by atoms with Gasteiger partial charge in [0.15, 0.2) is 0 Å². The largest absolute Gasteiger partial charge is 0.271 e. The minimum atomic E-state index is -0.173. The molecule has 3 aromatic rings. The van der Waals surface area contributed by atoms with E-state index < -0.39 is 0 Å². The molecule has 0 aliphatic carbocycles. The highest BCUT2D eigenvalue weighted by Gasteiger charge is 2.17. The van der Waals surface area contributed by atoms with Gasteiger partial charge in [0.05, 0.1) is 17.3 Å². The van der Waals surface area contributed by atoms with E-state index in [1.165, 1.54) is 0 Å². The van der Waals surface area contributed by atoms with Gasteiger partial charge in [0.1, 0.15) is 0 Å². The van der Waals surface area contributed by atoms with Crippen LogP contribution in [0.3, 0.4) is 0 Å². The summed E-state index contributed by atoms with van der Waals surface area (Å²) in [5.74, 6) is 5.76. The van der Waals surface area contributed by atoms with E-state index in [9.17, 15) is 0 Å². The Morgan fingerprint density at radius 3 is 2.65 bits per heavy atom. The van der Waals surface area contributed by atoms with Crippen molar-refractivity contribution in [1.82, 2.24) is 15.4 Å². The molecule has 0 aliphatic rings. The molecule has 3 N–H and O–H groups in total. The summed E-state index contributed by atoms with van der Waals surface area (Å²) < 4.78 is 0. The minimum Gasteiger partial charge on any atom is -0.271 e. The number of fused-ring (bicyclic) bond motifs is 1. The van der Waals surface area contributed by atoms with Crippen molar-refractivity contribution in [3.8, 4) is 0 Å². The lowest BCUT2D eigenvalue weighted by Gasteiger charge is -2.17. The lowest BCUT2D eigenvalue weighted by Crippen LogP contribution is -2.29. The van der Waals surface area contributed by atoms with Gasteiger partial charge in [-0.1, -0.05) is 30.3 Å². The fourth-order valence-electron chi connectivity index (χ4n) is 2.42. The van der Waals surface area contributed by atoms with Gasteiger partial charge in [0.2, 0.25) is 0 Å². The molecule has 0 radical (unpaired) electrons. The number of aromatic nitrogens is 2. The van der Waals surface area contributed by atoms with Crippen LogP contribution in [0.5, 0.6) is 0 Å². The zero-order chi connectivity index (χ0) is 13.9. The van der Waals surface area contributed by atoms with Crippen LogP contribution in [0.15, 0.2) is 54.7 Å². The van der Waals surface area contributed by atoms with Crippen LogP contribution < -0.4 is 11.3 Å². The van der Waals surface area contributed by atoms with Crippen molar-refractivity contribution in [3.63, 3.8) is 0 Å². The van der Waals surface area contributed by atoms with Crippen LogP contribution in [-0.4, -0.2) is 9.97 Å². The first-order valence-electron chi connectivity index (χ1n) is 6.53. The number of hydrazine groups is 1. The van der Waals surface area contributed by atoms with Gasteiger partial charge in [-0.25, -0.2) is 5.43 Å². The fraction of sp³-hybridized carbons (Fsp3) is 0.125. The van der Waals surface area contributed by atoms with Crippen LogP contribution >= 0.6 is 0 Å². The van der Waals surface area contributed by atoms with E-state index >= 15 is 0 Å². The third kappa shape index (κ3) is 2.27. The van der Waals surface area contributed by atoms with Crippen LogP contribution in [0.2, 0.25) is 0 Å². The summed E-state index contributed by atoms with van der Waals surface area (Å²) in [6, 6.07) is 15.8. The van der Waals surface area contributed by atoms with E-state index in [1.807, 2.05) is 55.5 Å². The molecular weight excluding hydrogens is 248 g/mol. The Bertz CT molecular complexity index is 734. The van der Waals surface area contributed by atoms with Gasteiger partial charge < -0.3 is 0 Å². The second-order valence-electron chi connectivity index (χ2n) is 4.73. The van der Waals surface area contributed by atoms with Gasteiger partial charge in [-0.2, -0.15) is 0 Å². The lowest BCUT2D eigenvalue weighted by molar-refractivity contribution is 0.622. The quantitative estimate of drug-likeness (QED) is 0.563. The van der Waals surface area contributed by atoms with Crippen LogP contribution in [0, 0.1) is 6.92 Å². The van der Waals surface area contributed by atoms with E-state index in [2.05, 4.69) is 15.4 Å². The molecule has 2 heterocycles. The first-order chi connectivity index (χ1) is 9.79. The fourth-order valence-corrected chi connectivity index (χ4v) is 2.42. The second kappa shape index (κ2) is 5.36. The first kappa shape index (κ1) is 12.7. The molecule has 100 valence electrons. The van der Waals surface area contributed by atoms with E-state index in [0.29, 0.717) is 0 Å². The maximum absolute atomic E-state index is 5.76. The number of para-hydroxylation sites is 1. The summed E-state index contributed by atoms with van der Waals surface area (Å²) in [4.78, 5) is 9.03. The molecule has 4 heteroatoms.